The van der Waals surface area contributed by atoms with E-state index in [2.05, 4.69) is 46.7 Å². The summed E-state index contributed by atoms with van der Waals surface area (Å²) >= 11 is 0. The van der Waals surface area contributed by atoms with Crippen LogP contribution in [0.3, 0.4) is 0 Å². The van der Waals surface area contributed by atoms with Gasteiger partial charge in [0.1, 0.15) is 0 Å². The number of guanidine groups is 1. The molecule has 3 atom stereocenters. The van der Waals surface area contributed by atoms with Crippen molar-refractivity contribution in [2.24, 2.45) is 10.9 Å². The van der Waals surface area contributed by atoms with Crippen LogP contribution in [0.25, 0.3) is 0 Å². The fraction of sp³-hybridized carbons (Fsp3) is 0.708. The molecule has 1 aromatic carbocycles. The molecule has 0 bridgehead atoms. The molecule has 0 spiro atoms. The number of aliphatic hydroxyl groups is 1. The van der Waals surface area contributed by atoms with Crippen LogP contribution in [0.2, 0.25) is 0 Å². The maximum Gasteiger partial charge on any atom is 0.191 e. The Bertz CT molecular complexity index is 723. The van der Waals surface area contributed by atoms with Crippen molar-refractivity contribution in [1.29, 1.82) is 0 Å². The fourth-order valence-corrected chi connectivity index (χ4v) is 5.97. The zero-order chi connectivity index (χ0) is 22.1. The van der Waals surface area contributed by atoms with E-state index in [0.717, 1.165) is 69.9 Å². The second-order valence-electron chi connectivity index (χ2n) is 8.77. The number of hydrogen-bond donors (Lipinski definition) is 3. The Kier molecular flexibility index (Phi) is 12.3. The Balaban J connectivity index is 0.00000363. The summed E-state index contributed by atoms with van der Waals surface area (Å²) in [6, 6.07) is 9.06. The third-order valence-corrected chi connectivity index (χ3v) is 8.30. The highest BCUT2D eigenvalue weighted by atomic mass is 127. The van der Waals surface area contributed by atoms with E-state index in [-0.39, 0.29) is 24.0 Å². The van der Waals surface area contributed by atoms with Crippen LogP contribution in [0, 0.1) is 5.92 Å². The summed E-state index contributed by atoms with van der Waals surface area (Å²) in [5.74, 6) is 2.06. The van der Waals surface area contributed by atoms with Gasteiger partial charge in [-0.05, 0) is 62.6 Å². The lowest BCUT2D eigenvalue weighted by atomic mass is 9.95. The van der Waals surface area contributed by atoms with Gasteiger partial charge in [0, 0.05) is 59.8 Å². The van der Waals surface area contributed by atoms with E-state index >= 15 is 0 Å². The van der Waals surface area contributed by atoms with Crippen molar-refractivity contribution in [3.8, 4) is 0 Å². The molecule has 3 N–H and O–H groups in total. The van der Waals surface area contributed by atoms with Crippen LogP contribution in [-0.4, -0.2) is 58.6 Å². The molecule has 1 aliphatic carbocycles. The molecule has 1 saturated heterocycles. The Morgan fingerprint density at radius 3 is 2.50 bits per heavy atom. The van der Waals surface area contributed by atoms with E-state index in [0.29, 0.717) is 30.4 Å². The van der Waals surface area contributed by atoms with E-state index in [9.17, 15) is 9.32 Å². The molecule has 1 aromatic rings. The van der Waals surface area contributed by atoms with Crippen molar-refractivity contribution in [3.63, 3.8) is 0 Å². The molecular formula is C24H41IN4O2S. The molecule has 0 aromatic heterocycles. The van der Waals surface area contributed by atoms with Crippen molar-refractivity contribution >= 4 is 46.4 Å². The Morgan fingerprint density at radius 1 is 1.16 bits per heavy atom. The Hall–Kier alpha value is -0.870. The zero-order valence-electron chi connectivity index (χ0n) is 19.6. The minimum absolute atomic E-state index is 0. The minimum Gasteiger partial charge on any atom is -0.396 e. The highest BCUT2D eigenvalue weighted by molar-refractivity contribution is 14.0. The molecular weight excluding hydrogens is 535 g/mol. The molecule has 6 nitrogen and oxygen atoms in total. The average Bonchev–Trinajstić information content (AvgIpc) is 2.83. The minimum atomic E-state index is -0.710. The third-order valence-electron chi connectivity index (χ3n) is 6.56. The number of halogens is 1. The van der Waals surface area contributed by atoms with E-state index in [1.54, 1.807) is 0 Å². The lowest BCUT2D eigenvalue weighted by Gasteiger charge is -2.33. The van der Waals surface area contributed by atoms with Crippen molar-refractivity contribution in [2.75, 3.05) is 36.9 Å². The monoisotopic (exact) mass is 576 g/mol. The van der Waals surface area contributed by atoms with Crippen LogP contribution in [0.1, 0.15) is 57.9 Å². The number of nitrogens with one attached hydrogen (secondary N) is 2. The first-order valence-electron chi connectivity index (χ1n) is 12.0. The van der Waals surface area contributed by atoms with Gasteiger partial charge in [0.15, 0.2) is 5.96 Å². The number of hydrogen-bond acceptors (Lipinski definition) is 4. The predicted molar refractivity (Wildman–Crippen MR) is 147 cm³/mol. The topological polar surface area (TPSA) is 77.0 Å². The van der Waals surface area contributed by atoms with Gasteiger partial charge in [-0.1, -0.05) is 25.5 Å². The first kappa shape index (κ1) is 27.4. The molecule has 1 heterocycles. The van der Waals surface area contributed by atoms with Gasteiger partial charge < -0.3 is 20.6 Å². The molecule has 1 aliphatic heterocycles. The standard InChI is InChI=1S/C24H40N4O2S.HI/c1-3-25-24(27-21-6-5-7-23(16-21)31(30)4-2)26-17-19-8-10-22(11-9-19)28-14-12-20(18-29)13-15-28;/h8-11,20-21,23,29H,3-7,12-18H2,1-2H3,(H2,25,26,27);1H. The van der Waals surface area contributed by atoms with Gasteiger partial charge in [0.05, 0.1) is 6.54 Å². The molecule has 2 fully saturated rings. The predicted octanol–water partition coefficient (Wildman–Crippen LogP) is 3.65. The number of anilines is 1. The number of piperidine rings is 1. The number of rotatable bonds is 8. The quantitative estimate of drug-likeness (QED) is 0.250. The number of aliphatic imine (C=N–C) groups is 1. The van der Waals surface area contributed by atoms with Crippen LogP contribution in [0.5, 0.6) is 0 Å². The van der Waals surface area contributed by atoms with E-state index in [1.807, 2.05) is 6.92 Å². The highest BCUT2D eigenvalue weighted by Crippen LogP contribution is 2.24. The number of benzene rings is 1. The van der Waals surface area contributed by atoms with E-state index in [1.165, 1.54) is 11.3 Å². The van der Waals surface area contributed by atoms with E-state index < -0.39 is 10.8 Å². The van der Waals surface area contributed by atoms with Gasteiger partial charge in [0.2, 0.25) is 0 Å². The van der Waals surface area contributed by atoms with Crippen molar-refractivity contribution in [3.05, 3.63) is 29.8 Å². The summed E-state index contributed by atoms with van der Waals surface area (Å²) in [5, 5.41) is 16.6. The molecule has 8 heteroatoms. The molecule has 0 radical (unpaired) electrons. The van der Waals surface area contributed by atoms with Crippen LogP contribution in [-0.2, 0) is 17.3 Å². The average molecular weight is 577 g/mol. The van der Waals surface area contributed by atoms with E-state index in [4.69, 9.17) is 4.99 Å². The van der Waals surface area contributed by atoms with Crippen molar-refractivity contribution in [2.45, 2.75) is 70.2 Å². The van der Waals surface area contributed by atoms with Gasteiger partial charge >= 0.3 is 0 Å². The van der Waals surface area contributed by atoms with Gasteiger partial charge in [-0.25, -0.2) is 4.99 Å². The first-order chi connectivity index (χ1) is 15.1. The van der Waals surface area contributed by atoms with Gasteiger partial charge in [-0.2, -0.15) is 0 Å². The van der Waals surface area contributed by atoms with Crippen LogP contribution < -0.4 is 15.5 Å². The molecule has 2 aliphatic rings. The zero-order valence-corrected chi connectivity index (χ0v) is 22.7. The largest absolute Gasteiger partial charge is 0.396 e. The fourth-order valence-electron chi connectivity index (χ4n) is 4.62. The molecule has 0 amide bonds. The van der Waals surface area contributed by atoms with Crippen molar-refractivity contribution < 1.29 is 9.32 Å². The molecule has 1 saturated carbocycles. The maximum absolute atomic E-state index is 12.2. The number of aliphatic hydroxyl groups excluding tert-OH is 1. The lowest BCUT2D eigenvalue weighted by Crippen LogP contribution is -2.46. The van der Waals surface area contributed by atoms with Crippen LogP contribution >= 0.6 is 24.0 Å². The summed E-state index contributed by atoms with van der Waals surface area (Å²) in [6.07, 6.45) is 6.42. The summed E-state index contributed by atoms with van der Waals surface area (Å²) in [4.78, 5) is 7.22. The highest BCUT2D eigenvalue weighted by Gasteiger charge is 2.26. The SMILES string of the molecule is CCNC(=NCc1ccc(N2CCC(CO)CC2)cc1)NC1CCCC(S(=O)CC)C1.I. The molecule has 3 rings (SSSR count). The molecule has 32 heavy (non-hydrogen) atoms. The lowest BCUT2D eigenvalue weighted by molar-refractivity contribution is 0.203. The third kappa shape index (κ3) is 8.17. The second-order valence-corrected chi connectivity index (χ2v) is 10.8. The van der Waals surface area contributed by atoms with Crippen LogP contribution in [0.4, 0.5) is 5.69 Å². The normalized spacial score (nSPS) is 23.3. The first-order valence-corrected chi connectivity index (χ1v) is 13.4. The summed E-state index contributed by atoms with van der Waals surface area (Å²) < 4.78 is 12.2. The summed E-state index contributed by atoms with van der Waals surface area (Å²) in [5.41, 5.74) is 2.45. The molecule has 182 valence electrons. The Labute approximate surface area is 213 Å². The van der Waals surface area contributed by atoms with Crippen LogP contribution in [0.15, 0.2) is 29.3 Å². The Morgan fingerprint density at radius 2 is 1.88 bits per heavy atom. The molecule has 3 unspecified atom stereocenters. The number of nitrogens with zero attached hydrogens (tertiary/aromatic N) is 2. The van der Waals surface area contributed by atoms with Gasteiger partial charge in [-0.15, -0.1) is 24.0 Å². The van der Waals surface area contributed by atoms with Gasteiger partial charge in [-0.3, -0.25) is 4.21 Å². The summed E-state index contributed by atoms with van der Waals surface area (Å²) in [7, 11) is -0.710. The van der Waals surface area contributed by atoms with Gasteiger partial charge in [0.25, 0.3) is 0 Å². The second kappa shape index (κ2) is 14.4. The maximum atomic E-state index is 12.2. The summed E-state index contributed by atoms with van der Waals surface area (Å²) in [6.45, 7) is 7.91. The smallest absolute Gasteiger partial charge is 0.191 e. The van der Waals surface area contributed by atoms with Crippen molar-refractivity contribution in [1.82, 2.24) is 10.6 Å².